The van der Waals surface area contributed by atoms with Crippen molar-refractivity contribution in [3.63, 3.8) is 0 Å². The molecular formula is C11H13ClOS. The highest BCUT2D eigenvalue weighted by Gasteiger charge is 2.23. The van der Waals surface area contributed by atoms with Crippen LogP contribution in [0.4, 0.5) is 0 Å². The number of hydrogen-bond donors (Lipinski definition) is 1. The Hall–Kier alpha value is -0.180. The Balaban J connectivity index is 2.48. The minimum Gasteiger partial charge on any atom is -0.388 e. The third kappa shape index (κ3) is 1.79. The SMILES string of the molecule is CC1CSCc2c(Cl)cccc2C1O. The molecule has 1 aliphatic heterocycles. The van der Waals surface area contributed by atoms with Crippen molar-refractivity contribution < 1.29 is 5.11 Å². The normalized spacial score (nSPS) is 26.8. The van der Waals surface area contributed by atoms with Gasteiger partial charge in [-0.2, -0.15) is 11.8 Å². The molecule has 76 valence electrons. The average molecular weight is 229 g/mol. The van der Waals surface area contributed by atoms with Crippen molar-refractivity contribution in [3.8, 4) is 0 Å². The second-order valence-corrected chi connectivity index (χ2v) is 5.18. The van der Waals surface area contributed by atoms with Crippen LogP contribution in [0.25, 0.3) is 0 Å². The lowest BCUT2D eigenvalue weighted by Crippen LogP contribution is -2.10. The first-order valence-corrected chi connectivity index (χ1v) is 6.26. The van der Waals surface area contributed by atoms with E-state index < -0.39 is 0 Å². The van der Waals surface area contributed by atoms with E-state index >= 15 is 0 Å². The van der Waals surface area contributed by atoms with Crippen LogP contribution >= 0.6 is 23.4 Å². The summed E-state index contributed by atoms with van der Waals surface area (Å²) in [5.74, 6) is 2.21. The van der Waals surface area contributed by atoms with Crippen LogP contribution in [0.5, 0.6) is 0 Å². The van der Waals surface area contributed by atoms with E-state index in [1.807, 2.05) is 30.0 Å². The highest BCUT2D eigenvalue weighted by atomic mass is 35.5. The summed E-state index contributed by atoms with van der Waals surface area (Å²) in [6.07, 6.45) is -0.362. The van der Waals surface area contributed by atoms with Gasteiger partial charge in [0.15, 0.2) is 0 Å². The number of aliphatic hydroxyl groups excluding tert-OH is 1. The van der Waals surface area contributed by atoms with Crippen molar-refractivity contribution in [1.82, 2.24) is 0 Å². The minimum atomic E-state index is -0.362. The predicted molar refractivity (Wildman–Crippen MR) is 61.7 cm³/mol. The van der Waals surface area contributed by atoms with E-state index in [4.69, 9.17) is 11.6 Å². The van der Waals surface area contributed by atoms with Crippen molar-refractivity contribution >= 4 is 23.4 Å². The molecule has 14 heavy (non-hydrogen) atoms. The summed E-state index contributed by atoms with van der Waals surface area (Å²) in [7, 11) is 0. The fraction of sp³-hybridized carbons (Fsp3) is 0.455. The summed E-state index contributed by atoms with van der Waals surface area (Å²) in [6.45, 7) is 2.08. The number of fused-ring (bicyclic) bond motifs is 1. The molecule has 3 heteroatoms. The van der Waals surface area contributed by atoms with Gasteiger partial charge in [-0.15, -0.1) is 0 Å². The number of benzene rings is 1. The molecule has 2 unspecified atom stereocenters. The Bertz CT molecular complexity index is 340. The lowest BCUT2D eigenvalue weighted by molar-refractivity contribution is 0.129. The van der Waals surface area contributed by atoms with Crippen LogP contribution in [-0.4, -0.2) is 10.9 Å². The first kappa shape index (κ1) is 10.3. The number of hydrogen-bond acceptors (Lipinski definition) is 2. The molecule has 0 aromatic heterocycles. The van der Waals surface area contributed by atoms with Crippen LogP contribution in [0.2, 0.25) is 5.02 Å². The monoisotopic (exact) mass is 228 g/mol. The van der Waals surface area contributed by atoms with E-state index in [2.05, 4.69) is 6.92 Å². The third-order valence-electron chi connectivity index (χ3n) is 2.64. The Morgan fingerprint density at radius 1 is 1.50 bits per heavy atom. The lowest BCUT2D eigenvalue weighted by Gasteiger charge is -2.17. The van der Waals surface area contributed by atoms with Crippen LogP contribution in [-0.2, 0) is 5.75 Å². The van der Waals surface area contributed by atoms with E-state index in [0.717, 1.165) is 27.7 Å². The maximum Gasteiger partial charge on any atom is 0.0826 e. The van der Waals surface area contributed by atoms with Gasteiger partial charge in [0.05, 0.1) is 6.10 Å². The molecule has 0 saturated carbocycles. The summed E-state index contributed by atoms with van der Waals surface area (Å²) < 4.78 is 0. The predicted octanol–water partition coefficient (Wildman–Crippen LogP) is 3.26. The molecule has 1 aromatic carbocycles. The molecular weight excluding hydrogens is 216 g/mol. The second-order valence-electron chi connectivity index (χ2n) is 3.74. The zero-order chi connectivity index (χ0) is 10.1. The highest BCUT2D eigenvalue weighted by Crippen LogP contribution is 2.37. The second kappa shape index (κ2) is 4.13. The number of aliphatic hydroxyl groups is 1. The molecule has 1 aliphatic rings. The van der Waals surface area contributed by atoms with Crippen LogP contribution < -0.4 is 0 Å². The Morgan fingerprint density at radius 2 is 2.29 bits per heavy atom. The third-order valence-corrected chi connectivity index (χ3v) is 4.25. The molecule has 0 aliphatic carbocycles. The average Bonchev–Trinajstić information content (AvgIpc) is 2.31. The van der Waals surface area contributed by atoms with Gasteiger partial charge in [-0.25, -0.2) is 0 Å². The van der Waals surface area contributed by atoms with Gasteiger partial charge in [0.1, 0.15) is 0 Å². The number of halogens is 1. The molecule has 0 saturated heterocycles. The Morgan fingerprint density at radius 3 is 3.07 bits per heavy atom. The lowest BCUT2D eigenvalue weighted by atomic mass is 9.95. The molecule has 2 atom stereocenters. The van der Waals surface area contributed by atoms with E-state index in [9.17, 15) is 5.11 Å². The maximum absolute atomic E-state index is 10.1. The summed E-state index contributed by atoms with van der Waals surface area (Å²) in [4.78, 5) is 0. The summed E-state index contributed by atoms with van der Waals surface area (Å²) in [5, 5.41) is 10.8. The molecule has 0 bridgehead atoms. The van der Waals surface area contributed by atoms with Crippen LogP contribution in [0.15, 0.2) is 18.2 Å². The smallest absolute Gasteiger partial charge is 0.0826 e. The Labute approximate surface area is 93.5 Å². The van der Waals surface area contributed by atoms with Gasteiger partial charge in [-0.1, -0.05) is 30.7 Å². The quantitative estimate of drug-likeness (QED) is 0.736. The fourth-order valence-corrected chi connectivity index (χ4v) is 3.28. The van der Waals surface area contributed by atoms with Gasteiger partial charge >= 0.3 is 0 Å². The molecule has 0 fully saturated rings. The molecule has 0 radical (unpaired) electrons. The van der Waals surface area contributed by atoms with Crippen molar-refractivity contribution in [2.45, 2.75) is 18.8 Å². The molecule has 1 heterocycles. The van der Waals surface area contributed by atoms with Crippen molar-refractivity contribution in [2.24, 2.45) is 5.92 Å². The topological polar surface area (TPSA) is 20.2 Å². The number of thioether (sulfide) groups is 1. The molecule has 1 aromatic rings. The van der Waals surface area contributed by atoms with Gasteiger partial charge < -0.3 is 5.11 Å². The van der Waals surface area contributed by atoms with Crippen LogP contribution in [0.3, 0.4) is 0 Å². The molecule has 1 N–H and O–H groups in total. The highest BCUT2D eigenvalue weighted by molar-refractivity contribution is 7.98. The first-order valence-electron chi connectivity index (χ1n) is 4.73. The zero-order valence-electron chi connectivity index (χ0n) is 8.03. The Kier molecular flexibility index (Phi) is 3.05. The van der Waals surface area contributed by atoms with Crippen molar-refractivity contribution in [1.29, 1.82) is 0 Å². The maximum atomic E-state index is 10.1. The van der Waals surface area contributed by atoms with Gasteiger partial charge in [0.25, 0.3) is 0 Å². The molecule has 0 spiro atoms. The summed E-state index contributed by atoms with van der Waals surface area (Å²) in [6, 6.07) is 5.78. The standard InChI is InChI=1S/C11H13ClOS/c1-7-5-14-6-9-8(11(7)13)3-2-4-10(9)12/h2-4,7,11,13H,5-6H2,1H3. The van der Waals surface area contributed by atoms with E-state index in [0.29, 0.717) is 5.92 Å². The summed E-state index contributed by atoms with van der Waals surface area (Å²) >= 11 is 7.94. The van der Waals surface area contributed by atoms with Crippen LogP contribution in [0.1, 0.15) is 24.2 Å². The minimum absolute atomic E-state index is 0.305. The van der Waals surface area contributed by atoms with E-state index in [1.54, 1.807) is 0 Å². The van der Waals surface area contributed by atoms with Gasteiger partial charge in [0.2, 0.25) is 0 Å². The number of rotatable bonds is 0. The van der Waals surface area contributed by atoms with Gasteiger partial charge in [-0.3, -0.25) is 0 Å². The van der Waals surface area contributed by atoms with Crippen molar-refractivity contribution in [3.05, 3.63) is 34.3 Å². The van der Waals surface area contributed by atoms with Gasteiger partial charge in [-0.05, 0) is 28.9 Å². The molecule has 2 rings (SSSR count). The van der Waals surface area contributed by atoms with E-state index in [1.165, 1.54) is 0 Å². The fourth-order valence-electron chi connectivity index (χ4n) is 1.75. The molecule has 0 amide bonds. The van der Waals surface area contributed by atoms with Crippen molar-refractivity contribution in [2.75, 3.05) is 5.75 Å². The largest absolute Gasteiger partial charge is 0.388 e. The van der Waals surface area contributed by atoms with Gasteiger partial charge in [0, 0.05) is 10.8 Å². The zero-order valence-corrected chi connectivity index (χ0v) is 9.61. The van der Waals surface area contributed by atoms with Crippen LogP contribution in [0, 0.1) is 5.92 Å². The first-order chi connectivity index (χ1) is 6.70. The molecule has 1 nitrogen and oxygen atoms in total. The summed E-state index contributed by atoms with van der Waals surface area (Å²) in [5.41, 5.74) is 2.12. The van der Waals surface area contributed by atoms with E-state index in [-0.39, 0.29) is 6.10 Å².